The third-order valence-electron chi connectivity index (χ3n) is 6.39. The van der Waals surface area contributed by atoms with E-state index in [9.17, 15) is 18.0 Å². The van der Waals surface area contributed by atoms with E-state index in [1.807, 2.05) is 6.07 Å². The number of nitrogens with zero attached hydrogens (tertiary/aromatic N) is 3. The van der Waals surface area contributed by atoms with Gasteiger partial charge in [0, 0.05) is 30.8 Å². The van der Waals surface area contributed by atoms with E-state index in [0.29, 0.717) is 24.6 Å². The van der Waals surface area contributed by atoms with Gasteiger partial charge in [-0.05, 0) is 67.5 Å². The summed E-state index contributed by atoms with van der Waals surface area (Å²) in [6.07, 6.45) is 4.94. The number of aromatic amines is 1. The zero-order valence-corrected chi connectivity index (χ0v) is 17.8. The number of carbonyl (C=O) groups excluding carboxylic acids is 1. The smallest absolute Gasteiger partial charge is 0.406 e. The van der Waals surface area contributed by atoms with E-state index in [2.05, 4.69) is 26.9 Å². The molecular formula is C24H23F3N4O2. The fourth-order valence-electron chi connectivity index (χ4n) is 4.70. The average molecular weight is 456 g/mol. The Labute approximate surface area is 188 Å². The molecule has 33 heavy (non-hydrogen) atoms. The third kappa shape index (κ3) is 4.58. The quantitative estimate of drug-likeness (QED) is 0.540. The van der Waals surface area contributed by atoms with Crippen molar-refractivity contribution in [3.05, 3.63) is 65.6 Å². The van der Waals surface area contributed by atoms with Crippen LogP contribution in [0.1, 0.15) is 59.3 Å². The SMILES string of the molecule is O=C(c1ccc(OC(F)(F)F)cc1)N1CCC(c2ccnc3nc(C4CC=CC4)[nH]c23)CC1. The molecular weight excluding hydrogens is 433 g/mol. The lowest BCUT2D eigenvalue weighted by atomic mass is 9.89. The maximum Gasteiger partial charge on any atom is 0.573 e. The number of piperidine rings is 1. The van der Waals surface area contributed by atoms with Gasteiger partial charge in [0.05, 0.1) is 5.52 Å². The molecule has 2 aromatic heterocycles. The first-order valence-corrected chi connectivity index (χ1v) is 11.0. The van der Waals surface area contributed by atoms with Crippen LogP contribution in [0.5, 0.6) is 5.75 Å². The maximum absolute atomic E-state index is 12.8. The summed E-state index contributed by atoms with van der Waals surface area (Å²) in [5.41, 5.74) is 3.22. The highest BCUT2D eigenvalue weighted by Gasteiger charge is 2.31. The summed E-state index contributed by atoms with van der Waals surface area (Å²) >= 11 is 0. The van der Waals surface area contributed by atoms with Crippen molar-refractivity contribution in [1.29, 1.82) is 0 Å². The number of alkyl halides is 3. The Kier molecular flexibility index (Phi) is 5.55. The molecule has 9 heteroatoms. The van der Waals surface area contributed by atoms with E-state index in [-0.39, 0.29) is 17.6 Å². The molecule has 0 saturated carbocycles. The number of amides is 1. The number of halogens is 3. The number of imidazole rings is 1. The molecule has 0 atom stereocenters. The highest BCUT2D eigenvalue weighted by Crippen LogP contribution is 2.34. The summed E-state index contributed by atoms with van der Waals surface area (Å²) in [5, 5.41) is 0. The minimum Gasteiger partial charge on any atom is -0.406 e. The van der Waals surface area contributed by atoms with Crippen LogP contribution in [0.25, 0.3) is 11.2 Å². The second-order valence-electron chi connectivity index (χ2n) is 8.50. The fourth-order valence-corrected chi connectivity index (χ4v) is 4.70. The lowest BCUT2D eigenvalue weighted by Crippen LogP contribution is -2.38. The summed E-state index contributed by atoms with van der Waals surface area (Å²) < 4.78 is 40.9. The summed E-state index contributed by atoms with van der Waals surface area (Å²) in [6.45, 7) is 1.14. The van der Waals surface area contributed by atoms with Gasteiger partial charge in [0.25, 0.3) is 5.91 Å². The first-order chi connectivity index (χ1) is 15.9. The largest absolute Gasteiger partial charge is 0.573 e. The van der Waals surface area contributed by atoms with Crippen LogP contribution < -0.4 is 4.74 Å². The lowest BCUT2D eigenvalue weighted by molar-refractivity contribution is -0.274. The summed E-state index contributed by atoms with van der Waals surface area (Å²) in [6, 6.07) is 7.09. The number of rotatable bonds is 4. The van der Waals surface area contributed by atoms with Crippen molar-refractivity contribution >= 4 is 17.1 Å². The van der Waals surface area contributed by atoms with E-state index >= 15 is 0 Å². The normalized spacial score (nSPS) is 17.7. The molecule has 1 aliphatic heterocycles. The molecule has 1 fully saturated rings. The number of hydrogen-bond acceptors (Lipinski definition) is 4. The van der Waals surface area contributed by atoms with Crippen LogP contribution in [0.4, 0.5) is 13.2 Å². The van der Waals surface area contributed by atoms with Crippen molar-refractivity contribution < 1.29 is 22.7 Å². The van der Waals surface area contributed by atoms with Gasteiger partial charge in [-0.3, -0.25) is 4.79 Å². The molecule has 5 rings (SSSR count). The number of pyridine rings is 1. The highest BCUT2D eigenvalue weighted by molar-refractivity contribution is 5.94. The predicted molar refractivity (Wildman–Crippen MR) is 116 cm³/mol. The molecule has 1 aromatic carbocycles. The number of benzene rings is 1. The predicted octanol–water partition coefficient (Wildman–Crippen LogP) is 5.31. The number of carbonyl (C=O) groups is 1. The summed E-state index contributed by atoms with van der Waals surface area (Å²) in [5.74, 6) is 1.09. The van der Waals surface area contributed by atoms with Crippen LogP contribution in [0, 0.1) is 0 Å². The number of H-pyrrole nitrogens is 1. The maximum atomic E-state index is 12.8. The Morgan fingerprint density at radius 2 is 1.73 bits per heavy atom. The van der Waals surface area contributed by atoms with Crippen LogP contribution in [-0.2, 0) is 0 Å². The van der Waals surface area contributed by atoms with Crippen LogP contribution in [-0.4, -0.2) is 45.2 Å². The zero-order chi connectivity index (χ0) is 23.0. The molecule has 1 saturated heterocycles. The number of ether oxygens (including phenoxy) is 1. The highest BCUT2D eigenvalue weighted by atomic mass is 19.4. The Morgan fingerprint density at radius 3 is 2.39 bits per heavy atom. The molecule has 3 aromatic rings. The number of nitrogens with one attached hydrogen (secondary N) is 1. The molecule has 1 aliphatic carbocycles. The van der Waals surface area contributed by atoms with E-state index < -0.39 is 6.36 Å². The van der Waals surface area contributed by atoms with E-state index in [1.165, 1.54) is 17.7 Å². The van der Waals surface area contributed by atoms with Crippen molar-refractivity contribution in [2.45, 2.75) is 43.9 Å². The molecule has 1 N–H and O–H groups in total. The number of likely N-dealkylation sites (tertiary alicyclic amines) is 1. The van der Waals surface area contributed by atoms with E-state index in [0.717, 1.165) is 54.8 Å². The molecule has 2 aliphatic rings. The van der Waals surface area contributed by atoms with Gasteiger partial charge in [-0.15, -0.1) is 13.2 Å². The van der Waals surface area contributed by atoms with Crippen molar-refractivity contribution in [3.8, 4) is 5.75 Å². The number of fused-ring (bicyclic) bond motifs is 1. The number of aromatic nitrogens is 3. The average Bonchev–Trinajstić information content (AvgIpc) is 3.48. The zero-order valence-electron chi connectivity index (χ0n) is 17.8. The minimum atomic E-state index is -4.75. The topological polar surface area (TPSA) is 71.1 Å². The van der Waals surface area contributed by atoms with Crippen LogP contribution in [0.3, 0.4) is 0 Å². The van der Waals surface area contributed by atoms with Crippen LogP contribution >= 0.6 is 0 Å². The van der Waals surface area contributed by atoms with Gasteiger partial charge in [-0.1, -0.05) is 12.2 Å². The number of hydrogen-bond donors (Lipinski definition) is 1. The summed E-state index contributed by atoms with van der Waals surface area (Å²) in [4.78, 5) is 27.2. The molecule has 0 bridgehead atoms. The molecule has 6 nitrogen and oxygen atoms in total. The monoisotopic (exact) mass is 456 g/mol. The Bertz CT molecular complexity index is 1170. The van der Waals surface area contributed by atoms with Crippen molar-refractivity contribution in [2.24, 2.45) is 0 Å². The van der Waals surface area contributed by atoms with Crippen LogP contribution in [0.2, 0.25) is 0 Å². The Hall–Kier alpha value is -3.36. The first kappa shape index (κ1) is 21.5. The molecule has 0 spiro atoms. The molecule has 1 amide bonds. The first-order valence-electron chi connectivity index (χ1n) is 11.0. The second kappa shape index (κ2) is 8.53. The summed E-state index contributed by atoms with van der Waals surface area (Å²) in [7, 11) is 0. The Morgan fingerprint density at radius 1 is 1.03 bits per heavy atom. The van der Waals surface area contributed by atoms with Gasteiger partial charge in [0.1, 0.15) is 11.6 Å². The minimum absolute atomic E-state index is 0.190. The van der Waals surface area contributed by atoms with Crippen molar-refractivity contribution in [3.63, 3.8) is 0 Å². The van der Waals surface area contributed by atoms with E-state index in [4.69, 9.17) is 4.98 Å². The Balaban J connectivity index is 1.25. The molecule has 0 radical (unpaired) electrons. The van der Waals surface area contributed by atoms with Crippen molar-refractivity contribution in [2.75, 3.05) is 13.1 Å². The van der Waals surface area contributed by atoms with Gasteiger partial charge >= 0.3 is 6.36 Å². The van der Waals surface area contributed by atoms with E-state index in [1.54, 1.807) is 11.1 Å². The van der Waals surface area contributed by atoms with Gasteiger partial charge in [-0.2, -0.15) is 0 Å². The fraction of sp³-hybridized carbons (Fsp3) is 0.375. The van der Waals surface area contributed by atoms with Gasteiger partial charge < -0.3 is 14.6 Å². The molecule has 172 valence electrons. The third-order valence-corrected chi connectivity index (χ3v) is 6.39. The van der Waals surface area contributed by atoms with Gasteiger partial charge in [0.2, 0.25) is 0 Å². The number of allylic oxidation sites excluding steroid dienone is 2. The molecule has 0 unspecified atom stereocenters. The van der Waals surface area contributed by atoms with Crippen LogP contribution in [0.15, 0.2) is 48.7 Å². The lowest BCUT2D eigenvalue weighted by Gasteiger charge is -2.32. The molecule has 3 heterocycles. The van der Waals surface area contributed by atoms with Crippen molar-refractivity contribution in [1.82, 2.24) is 19.9 Å². The van der Waals surface area contributed by atoms with Gasteiger partial charge in [0.15, 0.2) is 5.65 Å². The second-order valence-corrected chi connectivity index (χ2v) is 8.50. The standard InChI is InChI=1S/C24H23F3N4O2/c25-24(26,27)33-18-7-5-17(6-8-18)23(32)31-13-10-15(11-14-31)19-9-12-28-22-20(19)29-21(30-22)16-3-1-2-4-16/h1-2,5-9,12,15-16H,3-4,10-11,13-14H2,(H,28,29,30). The van der Waals surface area contributed by atoms with Gasteiger partial charge in [-0.25, -0.2) is 9.97 Å².